The number of hydrogen-bond acceptors (Lipinski definition) is 9. The van der Waals surface area contributed by atoms with E-state index in [1.54, 1.807) is 73.1 Å². The molecule has 0 atom stereocenters. The molecule has 0 unspecified atom stereocenters. The van der Waals surface area contributed by atoms with Gasteiger partial charge in [0.1, 0.15) is 6.61 Å². The normalized spacial score (nSPS) is 11.3. The van der Waals surface area contributed by atoms with Crippen molar-refractivity contribution in [3.05, 3.63) is 90.1 Å². The number of aromatic nitrogens is 3. The average molecular weight is 521 g/mol. The van der Waals surface area contributed by atoms with Crippen LogP contribution in [0.5, 0.6) is 23.1 Å². The molecule has 0 saturated heterocycles. The molecule has 0 spiro atoms. The van der Waals surface area contributed by atoms with E-state index in [1.165, 1.54) is 13.2 Å². The molecule has 0 fully saturated rings. The number of aliphatic hydroxyl groups excluding tert-OH is 1. The van der Waals surface area contributed by atoms with E-state index >= 15 is 0 Å². The predicted octanol–water partition coefficient (Wildman–Crippen LogP) is 4.12. The second kappa shape index (κ2) is 12.0. The van der Waals surface area contributed by atoms with Crippen LogP contribution in [0.15, 0.2) is 84.5 Å². The van der Waals surface area contributed by atoms with Crippen molar-refractivity contribution in [1.29, 1.82) is 0 Å². The summed E-state index contributed by atoms with van der Waals surface area (Å²) < 4.78 is 45.6. The van der Waals surface area contributed by atoms with Crippen molar-refractivity contribution in [2.75, 3.05) is 25.0 Å². The highest BCUT2D eigenvalue weighted by molar-refractivity contribution is 7.95. The summed E-state index contributed by atoms with van der Waals surface area (Å²) in [6.45, 7) is -0.418. The van der Waals surface area contributed by atoms with E-state index in [0.29, 0.717) is 16.9 Å². The fourth-order valence-electron chi connectivity index (χ4n) is 3.18. The van der Waals surface area contributed by atoms with E-state index in [2.05, 4.69) is 19.7 Å². The Morgan fingerprint density at radius 3 is 2.35 bits per heavy atom. The summed E-state index contributed by atoms with van der Waals surface area (Å²) in [5.41, 5.74) is 1.26. The molecule has 2 heterocycles. The molecule has 0 bridgehead atoms. The fourth-order valence-corrected chi connectivity index (χ4v) is 3.99. The molecular weight excluding hydrogens is 496 g/mol. The lowest BCUT2D eigenvalue weighted by Gasteiger charge is -2.17. The summed E-state index contributed by atoms with van der Waals surface area (Å²) in [6.07, 6.45) is 4.56. The average Bonchev–Trinajstić information content (AvgIpc) is 2.93. The first-order chi connectivity index (χ1) is 18.0. The van der Waals surface area contributed by atoms with Gasteiger partial charge in [-0.2, -0.15) is 4.98 Å². The molecule has 10 nitrogen and oxygen atoms in total. The van der Waals surface area contributed by atoms with Gasteiger partial charge in [-0.3, -0.25) is 9.71 Å². The van der Waals surface area contributed by atoms with Crippen LogP contribution in [0, 0.1) is 0 Å². The summed E-state index contributed by atoms with van der Waals surface area (Å²) in [5, 5.41) is 10.4. The molecule has 0 aliphatic carbocycles. The maximum absolute atomic E-state index is 13.0. The van der Waals surface area contributed by atoms with Crippen molar-refractivity contribution < 1.29 is 27.7 Å². The Balaban J connectivity index is 1.82. The Morgan fingerprint density at radius 2 is 1.65 bits per heavy atom. The quantitative estimate of drug-likeness (QED) is 0.300. The zero-order chi connectivity index (χ0) is 26.1. The van der Waals surface area contributed by atoms with Crippen LogP contribution >= 0.6 is 0 Å². The zero-order valence-electron chi connectivity index (χ0n) is 19.8. The molecule has 0 saturated carbocycles. The highest BCUT2D eigenvalue weighted by Crippen LogP contribution is 2.41. The number of rotatable bonds is 11. The molecule has 2 aromatic heterocycles. The third-order valence-electron chi connectivity index (χ3n) is 4.86. The molecule has 0 radical (unpaired) electrons. The number of pyridine rings is 1. The first-order valence-electron chi connectivity index (χ1n) is 11.1. The third-order valence-corrected chi connectivity index (χ3v) is 5.83. The number of para-hydroxylation sites is 2. The first-order valence-corrected chi connectivity index (χ1v) is 12.7. The molecule has 190 valence electrons. The van der Waals surface area contributed by atoms with Crippen LogP contribution in [0.2, 0.25) is 0 Å². The summed E-state index contributed by atoms with van der Waals surface area (Å²) in [6, 6.07) is 19.1. The topological polar surface area (TPSA) is 133 Å². The number of nitrogens with zero attached hydrogens (tertiary/aromatic N) is 3. The first kappa shape index (κ1) is 25.6. The van der Waals surface area contributed by atoms with E-state index in [4.69, 9.17) is 14.2 Å². The minimum absolute atomic E-state index is 0.0773. The maximum atomic E-state index is 13.0. The summed E-state index contributed by atoms with van der Waals surface area (Å²) in [4.78, 5) is 12.8. The lowest BCUT2D eigenvalue weighted by Crippen LogP contribution is -2.14. The zero-order valence-corrected chi connectivity index (χ0v) is 20.6. The Bertz CT molecular complexity index is 1470. The van der Waals surface area contributed by atoms with E-state index in [0.717, 1.165) is 5.41 Å². The number of ether oxygens (including phenoxy) is 3. The van der Waals surface area contributed by atoms with Gasteiger partial charge >= 0.3 is 0 Å². The van der Waals surface area contributed by atoms with Gasteiger partial charge in [0.25, 0.3) is 15.9 Å². The van der Waals surface area contributed by atoms with Crippen molar-refractivity contribution in [1.82, 2.24) is 15.0 Å². The summed E-state index contributed by atoms with van der Waals surface area (Å²) in [5.74, 6) is 0.482. The van der Waals surface area contributed by atoms with E-state index in [9.17, 15) is 13.5 Å². The highest BCUT2D eigenvalue weighted by atomic mass is 32.2. The van der Waals surface area contributed by atoms with Crippen molar-refractivity contribution in [3.8, 4) is 34.5 Å². The van der Waals surface area contributed by atoms with Crippen LogP contribution in [-0.2, 0) is 10.0 Å². The number of nitrogens with one attached hydrogen (secondary N) is 1. The molecule has 4 aromatic rings. The van der Waals surface area contributed by atoms with Crippen LogP contribution in [0.3, 0.4) is 0 Å². The lowest BCUT2D eigenvalue weighted by atomic mass is 10.2. The van der Waals surface area contributed by atoms with Crippen LogP contribution in [0.4, 0.5) is 5.82 Å². The maximum Gasteiger partial charge on any atom is 0.263 e. The molecule has 2 aromatic carbocycles. The number of benzene rings is 2. The van der Waals surface area contributed by atoms with Crippen molar-refractivity contribution >= 4 is 21.9 Å². The van der Waals surface area contributed by atoms with Gasteiger partial charge in [-0.25, -0.2) is 13.4 Å². The predicted molar refractivity (Wildman–Crippen MR) is 139 cm³/mol. The van der Waals surface area contributed by atoms with Crippen molar-refractivity contribution in [3.63, 3.8) is 0 Å². The molecule has 4 rings (SSSR count). The van der Waals surface area contributed by atoms with Crippen molar-refractivity contribution in [2.24, 2.45) is 0 Å². The fraction of sp³-hybridized carbons (Fsp3) is 0.115. The highest BCUT2D eigenvalue weighted by Gasteiger charge is 2.23. The molecule has 0 amide bonds. The smallest absolute Gasteiger partial charge is 0.263 e. The Labute approximate surface area is 214 Å². The van der Waals surface area contributed by atoms with E-state index in [1.807, 2.05) is 6.07 Å². The summed E-state index contributed by atoms with van der Waals surface area (Å²) in [7, 11) is -2.57. The molecule has 2 N–H and O–H groups in total. The van der Waals surface area contributed by atoms with Crippen LogP contribution in [-0.4, -0.2) is 48.8 Å². The van der Waals surface area contributed by atoms with Gasteiger partial charge in [0, 0.05) is 18.0 Å². The second-order valence-electron chi connectivity index (χ2n) is 7.45. The minimum Gasteiger partial charge on any atom is -0.493 e. The van der Waals surface area contributed by atoms with Gasteiger partial charge in [-0.1, -0.05) is 42.5 Å². The molecular formula is C26H24N4O6S. The van der Waals surface area contributed by atoms with E-state index in [-0.39, 0.29) is 42.2 Å². The molecule has 37 heavy (non-hydrogen) atoms. The largest absolute Gasteiger partial charge is 0.493 e. The molecule has 11 heteroatoms. The van der Waals surface area contributed by atoms with Gasteiger partial charge in [-0.15, -0.1) is 0 Å². The molecule has 0 aliphatic rings. The summed E-state index contributed by atoms with van der Waals surface area (Å²) >= 11 is 0. The number of anilines is 1. The van der Waals surface area contributed by atoms with Crippen LogP contribution in [0.1, 0.15) is 5.56 Å². The van der Waals surface area contributed by atoms with Gasteiger partial charge in [-0.05, 0) is 35.9 Å². The van der Waals surface area contributed by atoms with Gasteiger partial charge in [0.15, 0.2) is 23.1 Å². The Kier molecular flexibility index (Phi) is 8.29. The lowest BCUT2D eigenvalue weighted by molar-refractivity contribution is 0.192. The Hall–Kier alpha value is -4.48. The number of sulfonamides is 1. The van der Waals surface area contributed by atoms with Gasteiger partial charge in [0.2, 0.25) is 5.75 Å². The van der Waals surface area contributed by atoms with Crippen LogP contribution in [0.25, 0.3) is 17.5 Å². The standard InChI is InChI=1S/C26H24N4O6S/c1-34-21-9-5-6-10-22(21)36-23-25(30-37(32,33)18-13-19-7-3-2-4-8-19)28-24(20-11-14-27-15-12-20)29-26(23)35-17-16-31/h2-15,18,31H,16-17H2,1H3,(H,28,29,30)/b18-13+. The van der Waals surface area contributed by atoms with Crippen LogP contribution < -0.4 is 18.9 Å². The number of aliphatic hydroxyl groups is 1. The SMILES string of the molecule is COc1ccccc1Oc1c(NS(=O)(=O)/C=C/c2ccccc2)nc(-c2ccncc2)nc1OCCO. The molecule has 0 aliphatic heterocycles. The van der Waals surface area contributed by atoms with E-state index < -0.39 is 10.0 Å². The number of methoxy groups -OCH3 is 1. The minimum atomic E-state index is -4.05. The second-order valence-corrected chi connectivity index (χ2v) is 9.02. The monoisotopic (exact) mass is 520 g/mol. The van der Waals surface area contributed by atoms with Gasteiger partial charge in [0.05, 0.1) is 19.1 Å². The Morgan fingerprint density at radius 1 is 0.946 bits per heavy atom. The number of hydrogen-bond donors (Lipinski definition) is 2. The van der Waals surface area contributed by atoms with Gasteiger partial charge < -0.3 is 19.3 Å². The van der Waals surface area contributed by atoms with Crippen molar-refractivity contribution in [2.45, 2.75) is 0 Å². The third kappa shape index (κ3) is 6.81.